The van der Waals surface area contributed by atoms with Gasteiger partial charge in [-0.1, -0.05) is 13.0 Å². The van der Waals surface area contributed by atoms with Gasteiger partial charge in [0.25, 0.3) is 0 Å². The van der Waals surface area contributed by atoms with Crippen LogP contribution < -0.4 is 11.1 Å². The van der Waals surface area contributed by atoms with Gasteiger partial charge in [0.1, 0.15) is 0 Å². The van der Waals surface area contributed by atoms with Crippen LogP contribution in [0.25, 0.3) is 0 Å². The summed E-state index contributed by atoms with van der Waals surface area (Å²) in [6.45, 7) is 4.72. The Balaban J connectivity index is 2.29. The summed E-state index contributed by atoms with van der Waals surface area (Å²) in [6.07, 6.45) is 1.42. The first-order valence-electron chi connectivity index (χ1n) is 5.66. The van der Waals surface area contributed by atoms with Gasteiger partial charge in [-0.3, -0.25) is 4.79 Å². The van der Waals surface area contributed by atoms with E-state index in [4.69, 9.17) is 5.73 Å². The van der Waals surface area contributed by atoms with Crippen LogP contribution in [0.4, 0.5) is 0 Å². The summed E-state index contributed by atoms with van der Waals surface area (Å²) in [5, 5.41) is 5.01. The lowest BCUT2D eigenvalue weighted by molar-refractivity contribution is -0.122. The number of amides is 1. The molecule has 0 fully saturated rings. The smallest absolute Gasteiger partial charge is 0.220 e. The summed E-state index contributed by atoms with van der Waals surface area (Å²) in [4.78, 5) is 12.8. The van der Waals surface area contributed by atoms with Crippen LogP contribution in [0.3, 0.4) is 0 Å². The minimum atomic E-state index is 0.112. The van der Waals surface area contributed by atoms with E-state index in [1.165, 1.54) is 4.88 Å². The highest BCUT2D eigenvalue weighted by Crippen LogP contribution is 2.18. The average Bonchev–Trinajstić information content (AvgIpc) is 2.79. The van der Waals surface area contributed by atoms with E-state index < -0.39 is 0 Å². The van der Waals surface area contributed by atoms with Crippen LogP contribution in [0, 0.1) is 5.92 Å². The predicted octanol–water partition coefficient (Wildman–Crippen LogP) is 2.30. The minimum Gasteiger partial charge on any atom is -0.349 e. The predicted molar refractivity (Wildman–Crippen MR) is 68.3 cm³/mol. The molecule has 3 nitrogen and oxygen atoms in total. The van der Waals surface area contributed by atoms with Crippen molar-refractivity contribution >= 4 is 17.2 Å². The second kappa shape index (κ2) is 6.66. The molecule has 1 amide bonds. The number of rotatable bonds is 6. The Kier molecular flexibility index (Phi) is 5.49. The molecule has 90 valence electrons. The van der Waals surface area contributed by atoms with E-state index in [1.54, 1.807) is 11.3 Å². The van der Waals surface area contributed by atoms with Crippen LogP contribution in [-0.2, 0) is 4.79 Å². The van der Waals surface area contributed by atoms with Crippen molar-refractivity contribution in [2.24, 2.45) is 11.7 Å². The van der Waals surface area contributed by atoms with E-state index in [0.717, 1.165) is 6.42 Å². The number of nitrogens with one attached hydrogen (secondary N) is 1. The van der Waals surface area contributed by atoms with Crippen LogP contribution in [0.2, 0.25) is 0 Å². The fraction of sp³-hybridized carbons (Fsp3) is 0.583. The maximum Gasteiger partial charge on any atom is 0.220 e. The van der Waals surface area contributed by atoms with E-state index in [2.05, 4.69) is 12.2 Å². The lowest BCUT2D eigenvalue weighted by atomic mass is 10.1. The molecule has 1 rings (SSSR count). The van der Waals surface area contributed by atoms with Gasteiger partial charge in [-0.2, -0.15) is 0 Å². The molecule has 0 aliphatic rings. The van der Waals surface area contributed by atoms with E-state index >= 15 is 0 Å². The number of carbonyl (C=O) groups excluding carboxylic acids is 1. The van der Waals surface area contributed by atoms with Crippen LogP contribution >= 0.6 is 11.3 Å². The van der Waals surface area contributed by atoms with Gasteiger partial charge in [0.2, 0.25) is 5.91 Å². The van der Waals surface area contributed by atoms with Gasteiger partial charge < -0.3 is 11.1 Å². The third kappa shape index (κ3) is 4.33. The van der Waals surface area contributed by atoms with Gasteiger partial charge in [0, 0.05) is 11.3 Å². The SMILES string of the molecule is CC(CN)CCC(=O)N[C@@H](C)c1cccs1. The molecule has 1 unspecified atom stereocenters. The third-order valence-corrected chi connectivity index (χ3v) is 3.67. The Morgan fingerprint density at radius 3 is 2.88 bits per heavy atom. The molecule has 0 saturated heterocycles. The van der Waals surface area contributed by atoms with E-state index in [-0.39, 0.29) is 11.9 Å². The number of thiophene rings is 1. The van der Waals surface area contributed by atoms with E-state index in [9.17, 15) is 4.79 Å². The van der Waals surface area contributed by atoms with Crippen molar-refractivity contribution in [2.75, 3.05) is 6.54 Å². The second-order valence-electron chi connectivity index (χ2n) is 4.18. The molecule has 16 heavy (non-hydrogen) atoms. The molecule has 3 N–H and O–H groups in total. The summed E-state index contributed by atoms with van der Waals surface area (Å²) in [5.74, 6) is 0.531. The molecule has 2 atom stereocenters. The van der Waals surface area contributed by atoms with Crippen molar-refractivity contribution in [3.05, 3.63) is 22.4 Å². The van der Waals surface area contributed by atoms with Crippen LogP contribution in [0.15, 0.2) is 17.5 Å². The molecule has 0 radical (unpaired) electrons. The molecule has 0 spiro atoms. The Bertz CT molecular complexity index is 311. The lowest BCUT2D eigenvalue weighted by Crippen LogP contribution is -2.26. The van der Waals surface area contributed by atoms with Crippen LogP contribution in [-0.4, -0.2) is 12.5 Å². The average molecular weight is 240 g/mol. The number of nitrogens with two attached hydrogens (primary N) is 1. The van der Waals surface area contributed by atoms with Gasteiger partial charge in [-0.05, 0) is 37.3 Å². The zero-order chi connectivity index (χ0) is 12.0. The summed E-state index contributed by atoms with van der Waals surface area (Å²) >= 11 is 1.67. The molecule has 1 aromatic rings. The molecule has 1 heterocycles. The molecule has 0 aliphatic carbocycles. The minimum absolute atomic E-state index is 0.112. The molecular weight excluding hydrogens is 220 g/mol. The first kappa shape index (κ1) is 13.2. The van der Waals surface area contributed by atoms with Crippen molar-refractivity contribution in [3.63, 3.8) is 0 Å². The Morgan fingerprint density at radius 2 is 2.31 bits per heavy atom. The summed E-state index contributed by atoms with van der Waals surface area (Å²) in [6, 6.07) is 4.15. The number of hydrogen-bond donors (Lipinski definition) is 2. The molecule has 0 aliphatic heterocycles. The highest BCUT2D eigenvalue weighted by molar-refractivity contribution is 7.10. The van der Waals surface area contributed by atoms with Gasteiger partial charge in [0.15, 0.2) is 0 Å². The normalized spacial score (nSPS) is 14.4. The monoisotopic (exact) mass is 240 g/mol. The van der Waals surface area contributed by atoms with E-state index in [1.807, 2.05) is 24.4 Å². The first-order valence-corrected chi connectivity index (χ1v) is 6.54. The third-order valence-electron chi connectivity index (χ3n) is 2.61. The summed E-state index contributed by atoms with van der Waals surface area (Å²) in [5.41, 5.74) is 5.51. The van der Waals surface area contributed by atoms with Crippen molar-refractivity contribution in [2.45, 2.75) is 32.7 Å². The largest absolute Gasteiger partial charge is 0.349 e. The first-order chi connectivity index (χ1) is 7.63. The Labute approximate surface area is 101 Å². The fourth-order valence-corrected chi connectivity index (χ4v) is 2.15. The zero-order valence-corrected chi connectivity index (χ0v) is 10.7. The fourth-order valence-electron chi connectivity index (χ4n) is 1.42. The highest BCUT2D eigenvalue weighted by Gasteiger charge is 2.11. The van der Waals surface area contributed by atoms with Crippen molar-refractivity contribution in [1.82, 2.24) is 5.32 Å². The maximum absolute atomic E-state index is 11.6. The lowest BCUT2D eigenvalue weighted by Gasteiger charge is -2.13. The van der Waals surface area contributed by atoms with Gasteiger partial charge in [-0.25, -0.2) is 0 Å². The standard InChI is InChI=1S/C12H20N2OS/c1-9(8-13)5-6-12(15)14-10(2)11-4-3-7-16-11/h3-4,7,9-10H,5-6,8,13H2,1-2H3,(H,14,15)/t9?,10-/m0/s1. The molecule has 4 heteroatoms. The molecule has 0 bridgehead atoms. The van der Waals surface area contributed by atoms with Crippen molar-refractivity contribution in [3.8, 4) is 0 Å². The van der Waals surface area contributed by atoms with Crippen LogP contribution in [0.1, 0.15) is 37.6 Å². The summed E-state index contributed by atoms with van der Waals surface area (Å²) in [7, 11) is 0. The number of carbonyl (C=O) groups is 1. The second-order valence-corrected chi connectivity index (χ2v) is 5.16. The van der Waals surface area contributed by atoms with Crippen molar-refractivity contribution in [1.29, 1.82) is 0 Å². The van der Waals surface area contributed by atoms with E-state index in [0.29, 0.717) is 18.9 Å². The number of hydrogen-bond acceptors (Lipinski definition) is 3. The van der Waals surface area contributed by atoms with Crippen molar-refractivity contribution < 1.29 is 4.79 Å². The van der Waals surface area contributed by atoms with Crippen LogP contribution in [0.5, 0.6) is 0 Å². The Hall–Kier alpha value is -0.870. The molecule has 1 aromatic heterocycles. The highest BCUT2D eigenvalue weighted by atomic mass is 32.1. The summed E-state index contributed by atoms with van der Waals surface area (Å²) < 4.78 is 0. The zero-order valence-electron chi connectivity index (χ0n) is 9.90. The topological polar surface area (TPSA) is 55.1 Å². The maximum atomic E-state index is 11.6. The van der Waals surface area contributed by atoms with Gasteiger partial charge in [-0.15, -0.1) is 11.3 Å². The molecule has 0 aromatic carbocycles. The molecular formula is C12H20N2OS. The molecule has 0 saturated carbocycles. The Morgan fingerprint density at radius 1 is 1.56 bits per heavy atom. The van der Waals surface area contributed by atoms with Gasteiger partial charge in [0.05, 0.1) is 6.04 Å². The van der Waals surface area contributed by atoms with Gasteiger partial charge >= 0.3 is 0 Å². The quantitative estimate of drug-likeness (QED) is 0.801.